The van der Waals surface area contributed by atoms with Crippen molar-refractivity contribution in [1.82, 2.24) is 27.4 Å². The average molecular weight is 1850 g/mol. The second-order valence-electron chi connectivity index (χ2n) is 37.9. The maximum absolute atomic E-state index is 2.40. The summed E-state index contributed by atoms with van der Waals surface area (Å²) in [7, 11) is 0. The lowest BCUT2D eigenvalue weighted by Crippen LogP contribution is -1.93. The van der Waals surface area contributed by atoms with Crippen molar-refractivity contribution in [2.75, 3.05) is 0 Å². The van der Waals surface area contributed by atoms with Gasteiger partial charge in [0.05, 0.1) is 66.2 Å². The SMILES string of the molecule is Cc1cc(-c2ccc3c(c2)c2ccccc2n3-c2ccccc2)cc(-c2ccc3c(c2)c2ccccc2n3-c2ccccc2)c1.c1ccc(-c2ccc3c4cc(-c5ccc(-c6ccc7c(c6)c6ccccc6n7-c6ccccc6)cc5)ccc4n(-c4ccccc4)c3c2)cc1.c1ccc(-n2c3ccccc3c3cc(-c4ccccc4-c4ccccc4-c4ccc5c(c4)c4ccccc4n5-c4ccccc4)ccc32)cc1. The summed E-state index contributed by atoms with van der Waals surface area (Å²) in [5.74, 6) is 0. The first-order valence-corrected chi connectivity index (χ1v) is 49.9. The summed E-state index contributed by atoms with van der Waals surface area (Å²) in [4.78, 5) is 0. The van der Waals surface area contributed by atoms with E-state index >= 15 is 0 Å². The highest BCUT2D eigenvalue weighted by Crippen LogP contribution is 2.47. The van der Waals surface area contributed by atoms with E-state index in [9.17, 15) is 0 Å². The lowest BCUT2D eigenvalue weighted by atomic mass is 9.89. The monoisotopic (exact) mass is 1850 g/mol. The van der Waals surface area contributed by atoms with Gasteiger partial charge in [-0.2, -0.15) is 0 Å². The van der Waals surface area contributed by atoms with Gasteiger partial charge in [-0.05, 0) is 290 Å². The van der Waals surface area contributed by atoms with E-state index in [1.165, 1.54) is 260 Å². The lowest BCUT2D eigenvalue weighted by Gasteiger charge is -2.15. The molecule has 0 unspecified atom stereocenters. The number of hydrogen-bond acceptors (Lipinski definition) is 0. The zero-order valence-electron chi connectivity index (χ0n) is 79.7. The van der Waals surface area contributed by atoms with Crippen molar-refractivity contribution in [2.45, 2.75) is 6.92 Å². The van der Waals surface area contributed by atoms with Crippen LogP contribution in [0.3, 0.4) is 0 Å². The van der Waals surface area contributed by atoms with Crippen LogP contribution in [-0.2, 0) is 0 Å². The Balaban J connectivity index is 0.000000108. The lowest BCUT2D eigenvalue weighted by molar-refractivity contribution is 1.18. The molecule has 0 saturated carbocycles. The van der Waals surface area contributed by atoms with Gasteiger partial charge in [0.15, 0.2) is 0 Å². The van der Waals surface area contributed by atoms with Crippen molar-refractivity contribution >= 4 is 131 Å². The number of hydrogen-bond donors (Lipinski definition) is 0. The van der Waals surface area contributed by atoms with Crippen LogP contribution < -0.4 is 0 Å². The van der Waals surface area contributed by atoms with Gasteiger partial charge in [0.25, 0.3) is 0 Å². The molecule has 6 aromatic heterocycles. The maximum atomic E-state index is 2.40. The third kappa shape index (κ3) is 15.0. The van der Waals surface area contributed by atoms with E-state index in [4.69, 9.17) is 0 Å². The van der Waals surface area contributed by atoms with Crippen molar-refractivity contribution in [1.29, 1.82) is 0 Å². The molecule has 29 rings (SSSR count). The number of benzene rings is 23. The molecule has 6 nitrogen and oxygen atoms in total. The molecule has 23 aromatic carbocycles. The van der Waals surface area contributed by atoms with Crippen molar-refractivity contribution in [3.8, 4) is 123 Å². The number of nitrogens with zero attached hydrogens (tertiary/aromatic N) is 6. The number of aryl methyl sites for hydroxylation is 1. The highest BCUT2D eigenvalue weighted by atomic mass is 15.0. The molecular weight excluding hydrogens is 1750 g/mol. The van der Waals surface area contributed by atoms with Crippen LogP contribution in [-0.4, -0.2) is 27.4 Å². The summed E-state index contributed by atoms with van der Waals surface area (Å²) < 4.78 is 14.3. The highest BCUT2D eigenvalue weighted by molar-refractivity contribution is 6.17. The molecule has 0 aliphatic heterocycles. The van der Waals surface area contributed by atoms with Gasteiger partial charge in [0.1, 0.15) is 0 Å². The Bertz CT molecular complexity index is 9670. The summed E-state index contributed by atoms with van der Waals surface area (Å²) in [6.07, 6.45) is 0. The molecule has 6 heteroatoms. The zero-order valence-corrected chi connectivity index (χ0v) is 79.7. The van der Waals surface area contributed by atoms with Crippen molar-refractivity contribution < 1.29 is 0 Å². The molecule has 0 N–H and O–H groups in total. The molecule has 0 bridgehead atoms. The fraction of sp³-hybridized carbons (Fsp3) is 0.00719. The fourth-order valence-electron chi connectivity index (χ4n) is 22.8. The van der Waals surface area contributed by atoms with Crippen molar-refractivity contribution in [2.24, 2.45) is 0 Å². The second-order valence-corrected chi connectivity index (χ2v) is 37.9. The summed E-state index contributed by atoms with van der Waals surface area (Å²) in [6, 6.07) is 200. The van der Waals surface area contributed by atoms with Crippen LogP contribution in [0, 0.1) is 6.92 Å². The predicted octanol–water partition coefficient (Wildman–Crippen LogP) is 37.3. The average Bonchev–Trinajstić information content (AvgIpc) is 1.59. The van der Waals surface area contributed by atoms with Gasteiger partial charge < -0.3 is 27.4 Å². The van der Waals surface area contributed by atoms with E-state index in [0.717, 1.165) is 0 Å². The molecule has 0 amide bonds. The first kappa shape index (κ1) is 85.1. The molecule has 0 aliphatic rings. The standard InChI is InChI=1S/2C48H32N2.C43H30N2/c1-4-12-33(13-5-1)38-24-27-42-44-31-37(26-29-47(44)50(48(42)32-38)40-16-8-3-9-17-40)35-22-20-34(21-23-35)36-25-28-46-43(30-36)41-18-10-11-19-45(41)49(46)39-14-6-2-7-15-39;1-3-15-35(16-4-1)49-45-25-13-11-23-41(45)43-31-33(27-29-47(43)49)37-19-7-9-21-39(37)40-22-10-8-20-38(40)34-28-30-48-44(32-34)42-24-12-14-26-46(42)50(48)36-17-5-2-6-18-36;1-29-24-32(30-20-22-42-38(27-30)36-16-8-10-18-40(36)44(42)34-12-4-2-5-13-34)26-33(25-29)31-21-23-43-39(28-31)37-17-9-11-19-41(37)45(43)35-14-6-3-7-15-35/h2*1-32H;2-28H,1H3. The number of aromatic nitrogens is 6. The molecule has 0 radical (unpaired) electrons. The molecule has 0 spiro atoms. The summed E-state index contributed by atoms with van der Waals surface area (Å²) in [5.41, 5.74) is 42.4. The minimum Gasteiger partial charge on any atom is -0.309 e. The van der Waals surface area contributed by atoms with E-state index in [1.807, 2.05) is 0 Å². The molecule has 0 atom stereocenters. The quantitative estimate of drug-likeness (QED) is 0.104. The van der Waals surface area contributed by atoms with Crippen LogP contribution in [0.4, 0.5) is 0 Å². The van der Waals surface area contributed by atoms with Gasteiger partial charge in [-0.1, -0.05) is 364 Å². The Morgan fingerprint density at radius 3 is 0.579 bits per heavy atom. The van der Waals surface area contributed by atoms with Gasteiger partial charge in [0, 0.05) is 98.8 Å². The highest BCUT2D eigenvalue weighted by Gasteiger charge is 2.24. The smallest absolute Gasteiger partial charge is 0.0547 e. The minimum atomic E-state index is 1.17. The van der Waals surface area contributed by atoms with Crippen LogP contribution in [0.1, 0.15) is 5.56 Å². The maximum Gasteiger partial charge on any atom is 0.0547 e. The first-order chi connectivity index (χ1) is 71.9. The van der Waals surface area contributed by atoms with Gasteiger partial charge in [-0.15, -0.1) is 0 Å². The predicted molar refractivity (Wildman–Crippen MR) is 614 cm³/mol. The summed E-state index contributed by atoms with van der Waals surface area (Å²) in [5, 5.41) is 15.1. The van der Waals surface area contributed by atoms with E-state index in [0.29, 0.717) is 0 Å². The summed E-state index contributed by atoms with van der Waals surface area (Å²) >= 11 is 0. The van der Waals surface area contributed by atoms with Crippen LogP contribution in [0.15, 0.2) is 552 Å². The third-order valence-electron chi connectivity index (χ3n) is 29.4. The molecular formula is C139H94N6. The normalized spacial score (nSPS) is 11.6. The van der Waals surface area contributed by atoms with Crippen molar-refractivity contribution in [3.05, 3.63) is 558 Å². The summed E-state index contributed by atoms with van der Waals surface area (Å²) in [6.45, 7) is 2.20. The van der Waals surface area contributed by atoms with Gasteiger partial charge in [0.2, 0.25) is 0 Å². The van der Waals surface area contributed by atoms with Crippen LogP contribution in [0.5, 0.6) is 0 Å². The number of fused-ring (bicyclic) bond motifs is 18. The van der Waals surface area contributed by atoms with Crippen LogP contribution in [0.2, 0.25) is 0 Å². The Kier molecular flexibility index (Phi) is 21.1. The minimum absolute atomic E-state index is 1.17. The number of para-hydroxylation sites is 11. The molecule has 145 heavy (non-hydrogen) atoms. The fourth-order valence-corrected chi connectivity index (χ4v) is 22.8. The van der Waals surface area contributed by atoms with E-state index in [-0.39, 0.29) is 0 Å². The zero-order chi connectivity index (χ0) is 95.9. The molecule has 0 fully saturated rings. The van der Waals surface area contributed by atoms with Crippen LogP contribution >= 0.6 is 0 Å². The van der Waals surface area contributed by atoms with Crippen molar-refractivity contribution in [3.63, 3.8) is 0 Å². The first-order valence-electron chi connectivity index (χ1n) is 49.9. The van der Waals surface area contributed by atoms with Gasteiger partial charge >= 0.3 is 0 Å². The second kappa shape index (κ2) is 35.9. The molecule has 6 heterocycles. The van der Waals surface area contributed by atoms with E-state index < -0.39 is 0 Å². The molecule has 0 aliphatic carbocycles. The Morgan fingerprint density at radius 2 is 0.290 bits per heavy atom. The van der Waals surface area contributed by atoms with E-state index in [2.05, 4.69) is 586 Å². The molecule has 0 saturated heterocycles. The Labute approximate surface area is 839 Å². The largest absolute Gasteiger partial charge is 0.309 e. The molecule has 29 aromatic rings. The number of rotatable bonds is 14. The Hall–Kier alpha value is -19.1. The molecule has 680 valence electrons. The third-order valence-corrected chi connectivity index (χ3v) is 29.4. The van der Waals surface area contributed by atoms with Gasteiger partial charge in [-0.25, -0.2) is 0 Å². The Morgan fingerprint density at radius 1 is 0.103 bits per heavy atom. The van der Waals surface area contributed by atoms with E-state index in [1.54, 1.807) is 0 Å². The van der Waals surface area contributed by atoms with Crippen LogP contribution in [0.25, 0.3) is 254 Å². The van der Waals surface area contributed by atoms with Gasteiger partial charge in [-0.3, -0.25) is 0 Å². The topological polar surface area (TPSA) is 29.6 Å².